The van der Waals surface area contributed by atoms with Crippen molar-refractivity contribution in [3.05, 3.63) is 52.5 Å². The zero-order chi connectivity index (χ0) is 16.1. The van der Waals surface area contributed by atoms with E-state index < -0.39 is 6.04 Å². The van der Waals surface area contributed by atoms with Crippen LogP contribution in [-0.2, 0) is 4.79 Å². The van der Waals surface area contributed by atoms with Crippen molar-refractivity contribution in [2.24, 2.45) is 5.92 Å². The molecule has 1 aromatic carbocycles. The van der Waals surface area contributed by atoms with Gasteiger partial charge in [-0.15, -0.1) is 11.3 Å². The fourth-order valence-corrected chi connectivity index (χ4v) is 2.54. The first-order chi connectivity index (χ1) is 10.5. The summed E-state index contributed by atoms with van der Waals surface area (Å²) in [5, 5.41) is 7.22. The summed E-state index contributed by atoms with van der Waals surface area (Å²) in [6, 6.07) is 8.31. The minimum atomic E-state index is -0.667. The Balaban J connectivity index is 2.05. The molecule has 0 spiro atoms. The Bertz CT molecular complexity index is 639. The van der Waals surface area contributed by atoms with Gasteiger partial charge < -0.3 is 10.6 Å². The van der Waals surface area contributed by atoms with E-state index in [9.17, 15) is 14.0 Å². The Kier molecular flexibility index (Phi) is 5.27. The number of anilines is 1. The highest BCUT2D eigenvalue weighted by molar-refractivity contribution is 7.12. The lowest BCUT2D eigenvalue weighted by atomic mass is 10.0. The number of amides is 2. The van der Waals surface area contributed by atoms with E-state index in [0.717, 1.165) is 0 Å². The quantitative estimate of drug-likeness (QED) is 0.888. The molecule has 2 N–H and O–H groups in total. The number of carbonyl (C=O) groups excluding carboxylic acids is 2. The molecule has 4 nitrogen and oxygen atoms in total. The van der Waals surface area contributed by atoms with Crippen molar-refractivity contribution < 1.29 is 14.0 Å². The zero-order valence-electron chi connectivity index (χ0n) is 12.3. The van der Waals surface area contributed by atoms with Gasteiger partial charge in [0.15, 0.2) is 0 Å². The summed E-state index contributed by atoms with van der Waals surface area (Å²) in [6.07, 6.45) is 0. The highest BCUT2D eigenvalue weighted by Gasteiger charge is 2.25. The Morgan fingerprint density at radius 3 is 2.36 bits per heavy atom. The first-order valence-corrected chi connectivity index (χ1v) is 7.76. The van der Waals surface area contributed by atoms with Gasteiger partial charge in [0, 0.05) is 5.69 Å². The molecule has 22 heavy (non-hydrogen) atoms. The zero-order valence-corrected chi connectivity index (χ0v) is 13.1. The summed E-state index contributed by atoms with van der Waals surface area (Å²) in [5.41, 5.74) is 0.488. The maximum absolute atomic E-state index is 12.9. The van der Waals surface area contributed by atoms with E-state index in [4.69, 9.17) is 0 Å². The number of halogens is 1. The van der Waals surface area contributed by atoms with E-state index in [1.54, 1.807) is 17.5 Å². The topological polar surface area (TPSA) is 58.2 Å². The van der Waals surface area contributed by atoms with Crippen molar-refractivity contribution in [2.45, 2.75) is 19.9 Å². The van der Waals surface area contributed by atoms with E-state index >= 15 is 0 Å². The van der Waals surface area contributed by atoms with Gasteiger partial charge >= 0.3 is 0 Å². The van der Waals surface area contributed by atoms with E-state index in [2.05, 4.69) is 10.6 Å². The van der Waals surface area contributed by atoms with Gasteiger partial charge in [0.25, 0.3) is 5.91 Å². The molecule has 0 aliphatic carbocycles. The summed E-state index contributed by atoms with van der Waals surface area (Å²) in [7, 11) is 0. The van der Waals surface area contributed by atoms with E-state index in [1.807, 2.05) is 13.8 Å². The molecule has 6 heteroatoms. The van der Waals surface area contributed by atoms with Crippen molar-refractivity contribution in [3.63, 3.8) is 0 Å². The molecule has 1 atom stereocenters. The lowest BCUT2D eigenvalue weighted by molar-refractivity contribution is -0.118. The second-order valence-electron chi connectivity index (χ2n) is 5.17. The van der Waals surface area contributed by atoms with Gasteiger partial charge in [-0.05, 0) is 41.6 Å². The maximum Gasteiger partial charge on any atom is 0.262 e. The van der Waals surface area contributed by atoms with Crippen LogP contribution in [0.2, 0.25) is 0 Å². The predicted molar refractivity (Wildman–Crippen MR) is 85.4 cm³/mol. The molecule has 0 bridgehead atoms. The van der Waals surface area contributed by atoms with Crippen LogP contribution in [0.25, 0.3) is 0 Å². The third-order valence-electron chi connectivity index (χ3n) is 3.09. The van der Waals surface area contributed by atoms with Crippen LogP contribution in [0.4, 0.5) is 10.1 Å². The summed E-state index contributed by atoms with van der Waals surface area (Å²) in [6.45, 7) is 3.70. The maximum atomic E-state index is 12.9. The monoisotopic (exact) mass is 320 g/mol. The Hall–Kier alpha value is -2.21. The largest absolute Gasteiger partial charge is 0.339 e. The minimum Gasteiger partial charge on any atom is -0.339 e. The summed E-state index contributed by atoms with van der Waals surface area (Å²) < 4.78 is 12.9. The second kappa shape index (κ2) is 7.17. The number of benzene rings is 1. The lowest BCUT2D eigenvalue weighted by Crippen LogP contribution is -2.46. The van der Waals surface area contributed by atoms with Crippen molar-refractivity contribution in [3.8, 4) is 0 Å². The number of thiophene rings is 1. The van der Waals surface area contributed by atoms with Crippen LogP contribution in [0.15, 0.2) is 41.8 Å². The molecule has 2 amide bonds. The van der Waals surface area contributed by atoms with Gasteiger partial charge in [-0.25, -0.2) is 4.39 Å². The Morgan fingerprint density at radius 2 is 1.82 bits per heavy atom. The molecular weight excluding hydrogens is 303 g/mol. The minimum absolute atomic E-state index is 0.0793. The first kappa shape index (κ1) is 16.2. The van der Waals surface area contributed by atoms with Crippen LogP contribution >= 0.6 is 11.3 Å². The fraction of sp³-hybridized carbons (Fsp3) is 0.250. The second-order valence-corrected chi connectivity index (χ2v) is 6.12. The molecule has 0 aliphatic heterocycles. The average molecular weight is 320 g/mol. The molecule has 0 aliphatic rings. The van der Waals surface area contributed by atoms with Crippen LogP contribution < -0.4 is 10.6 Å². The van der Waals surface area contributed by atoms with Crippen LogP contribution in [0.1, 0.15) is 23.5 Å². The van der Waals surface area contributed by atoms with Crippen LogP contribution in [-0.4, -0.2) is 17.9 Å². The van der Waals surface area contributed by atoms with Gasteiger partial charge in [0.1, 0.15) is 11.9 Å². The van der Waals surface area contributed by atoms with Crippen molar-refractivity contribution in [1.82, 2.24) is 5.32 Å². The van der Waals surface area contributed by atoms with E-state index in [-0.39, 0.29) is 23.5 Å². The SMILES string of the molecule is CC(C)[C@H](NC(=O)c1cccs1)C(=O)Nc1ccc(F)cc1. The summed E-state index contributed by atoms with van der Waals surface area (Å²) in [5.74, 6) is -1.05. The van der Waals surface area contributed by atoms with Gasteiger partial charge in [-0.3, -0.25) is 9.59 Å². The number of rotatable bonds is 5. The third-order valence-corrected chi connectivity index (χ3v) is 3.96. The van der Waals surface area contributed by atoms with E-state index in [1.165, 1.54) is 35.6 Å². The Labute approximate surface area is 132 Å². The first-order valence-electron chi connectivity index (χ1n) is 6.88. The van der Waals surface area contributed by atoms with Gasteiger partial charge in [-0.2, -0.15) is 0 Å². The highest BCUT2D eigenvalue weighted by atomic mass is 32.1. The predicted octanol–water partition coefficient (Wildman–Crippen LogP) is 3.28. The number of hydrogen-bond acceptors (Lipinski definition) is 3. The molecular formula is C16H17FN2O2S. The highest BCUT2D eigenvalue weighted by Crippen LogP contribution is 2.13. The van der Waals surface area contributed by atoms with Gasteiger partial charge in [0.05, 0.1) is 4.88 Å². The summed E-state index contributed by atoms with van der Waals surface area (Å²) in [4.78, 5) is 25.0. The van der Waals surface area contributed by atoms with Crippen LogP contribution in [0.5, 0.6) is 0 Å². The third kappa shape index (κ3) is 4.14. The molecule has 116 valence electrons. The van der Waals surface area contributed by atoms with Gasteiger partial charge in [0.2, 0.25) is 5.91 Å². The molecule has 0 radical (unpaired) electrons. The van der Waals surface area contributed by atoms with Crippen molar-refractivity contribution in [2.75, 3.05) is 5.32 Å². The lowest BCUT2D eigenvalue weighted by Gasteiger charge is -2.21. The molecule has 1 aromatic heterocycles. The molecule has 0 saturated heterocycles. The van der Waals surface area contributed by atoms with E-state index in [0.29, 0.717) is 10.6 Å². The molecule has 0 fully saturated rings. The Morgan fingerprint density at radius 1 is 1.14 bits per heavy atom. The smallest absolute Gasteiger partial charge is 0.262 e. The number of carbonyl (C=O) groups is 2. The van der Waals surface area contributed by atoms with Crippen LogP contribution in [0.3, 0.4) is 0 Å². The van der Waals surface area contributed by atoms with Crippen molar-refractivity contribution in [1.29, 1.82) is 0 Å². The number of nitrogens with one attached hydrogen (secondary N) is 2. The fourth-order valence-electron chi connectivity index (χ4n) is 1.91. The normalized spacial score (nSPS) is 12.0. The molecule has 0 saturated carbocycles. The molecule has 0 unspecified atom stereocenters. The molecule has 2 rings (SSSR count). The number of hydrogen-bond donors (Lipinski definition) is 2. The standard InChI is InChI=1S/C16H17FN2O2S/c1-10(2)14(19-15(20)13-4-3-9-22-13)16(21)18-12-7-5-11(17)6-8-12/h3-10,14H,1-2H3,(H,18,21)(H,19,20)/t14-/m0/s1. The molecule has 2 aromatic rings. The average Bonchev–Trinajstić information content (AvgIpc) is 3.00. The van der Waals surface area contributed by atoms with Gasteiger partial charge in [-0.1, -0.05) is 19.9 Å². The summed E-state index contributed by atoms with van der Waals surface area (Å²) >= 11 is 1.32. The molecule has 1 heterocycles. The van der Waals surface area contributed by atoms with Crippen molar-refractivity contribution >= 4 is 28.8 Å². The van der Waals surface area contributed by atoms with Crippen LogP contribution in [0, 0.1) is 11.7 Å².